The summed E-state index contributed by atoms with van der Waals surface area (Å²) in [6.07, 6.45) is 1.40. The summed E-state index contributed by atoms with van der Waals surface area (Å²) < 4.78 is 15.8. The van der Waals surface area contributed by atoms with E-state index in [1.807, 2.05) is 24.3 Å². The van der Waals surface area contributed by atoms with Crippen molar-refractivity contribution in [2.24, 2.45) is 7.05 Å². The summed E-state index contributed by atoms with van der Waals surface area (Å²) in [4.78, 5) is 20.5. The number of anilines is 1. The number of aryl methyl sites for hydroxylation is 1. The van der Waals surface area contributed by atoms with Crippen LogP contribution in [0.25, 0.3) is 22.4 Å². The number of aromatic nitrogens is 3. The lowest BCUT2D eigenvalue weighted by Gasteiger charge is -2.06. The standard InChI is InChI=1S/C20H15FN4O/c1-25-17-12-14(23-20(26)13-6-3-2-4-7-13)9-10-16(17)24-19(25)15-8-5-11-22-18(15)21/h2-12H,1H3,(H,23,26). The van der Waals surface area contributed by atoms with Crippen LogP contribution in [0.15, 0.2) is 66.9 Å². The van der Waals surface area contributed by atoms with E-state index in [0.717, 1.165) is 5.52 Å². The fourth-order valence-corrected chi connectivity index (χ4v) is 2.85. The zero-order chi connectivity index (χ0) is 18.1. The van der Waals surface area contributed by atoms with Gasteiger partial charge in [-0.2, -0.15) is 4.39 Å². The summed E-state index contributed by atoms with van der Waals surface area (Å²) in [6, 6.07) is 17.7. The van der Waals surface area contributed by atoms with Gasteiger partial charge in [-0.15, -0.1) is 0 Å². The summed E-state index contributed by atoms with van der Waals surface area (Å²) in [7, 11) is 1.81. The monoisotopic (exact) mass is 346 g/mol. The molecule has 26 heavy (non-hydrogen) atoms. The van der Waals surface area contributed by atoms with E-state index >= 15 is 0 Å². The first-order valence-electron chi connectivity index (χ1n) is 8.07. The summed E-state index contributed by atoms with van der Waals surface area (Å²) >= 11 is 0. The van der Waals surface area contributed by atoms with Crippen LogP contribution in [0.2, 0.25) is 0 Å². The molecule has 0 saturated heterocycles. The predicted molar refractivity (Wildman–Crippen MR) is 98.3 cm³/mol. The number of imidazole rings is 1. The first-order valence-corrected chi connectivity index (χ1v) is 8.07. The molecule has 0 radical (unpaired) electrons. The van der Waals surface area contributed by atoms with Crippen molar-refractivity contribution in [2.75, 3.05) is 5.32 Å². The Kier molecular flexibility index (Phi) is 3.93. The molecular weight excluding hydrogens is 331 g/mol. The number of amides is 1. The summed E-state index contributed by atoms with van der Waals surface area (Å²) in [6.45, 7) is 0. The zero-order valence-electron chi connectivity index (χ0n) is 14.0. The number of fused-ring (bicyclic) bond motifs is 1. The number of carbonyl (C=O) groups is 1. The van der Waals surface area contributed by atoms with Gasteiger partial charge in [0.25, 0.3) is 5.91 Å². The second-order valence-corrected chi connectivity index (χ2v) is 5.86. The van der Waals surface area contributed by atoms with Crippen LogP contribution in [0, 0.1) is 5.95 Å². The van der Waals surface area contributed by atoms with E-state index in [9.17, 15) is 9.18 Å². The van der Waals surface area contributed by atoms with Crippen LogP contribution in [0.5, 0.6) is 0 Å². The molecule has 0 saturated carbocycles. The van der Waals surface area contributed by atoms with E-state index in [1.54, 1.807) is 48.0 Å². The van der Waals surface area contributed by atoms with Gasteiger partial charge in [-0.05, 0) is 42.5 Å². The van der Waals surface area contributed by atoms with Crippen molar-refractivity contribution in [3.63, 3.8) is 0 Å². The van der Waals surface area contributed by atoms with Gasteiger partial charge in [0.2, 0.25) is 5.95 Å². The minimum absolute atomic E-state index is 0.189. The molecule has 4 aromatic rings. The van der Waals surface area contributed by atoms with Gasteiger partial charge in [0.05, 0.1) is 16.6 Å². The number of halogens is 1. The fourth-order valence-electron chi connectivity index (χ4n) is 2.85. The van der Waals surface area contributed by atoms with Crippen molar-refractivity contribution >= 4 is 22.6 Å². The van der Waals surface area contributed by atoms with E-state index in [2.05, 4.69) is 15.3 Å². The quantitative estimate of drug-likeness (QED) is 0.570. The van der Waals surface area contributed by atoms with Gasteiger partial charge in [-0.1, -0.05) is 18.2 Å². The van der Waals surface area contributed by atoms with Crippen LogP contribution in [-0.4, -0.2) is 20.4 Å². The Balaban J connectivity index is 1.71. The summed E-state index contributed by atoms with van der Waals surface area (Å²) in [5.41, 5.74) is 3.06. The third kappa shape index (κ3) is 2.82. The van der Waals surface area contributed by atoms with Gasteiger partial charge >= 0.3 is 0 Å². The highest BCUT2D eigenvalue weighted by Crippen LogP contribution is 2.26. The number of hydrogen-bond acceptors (Lipinski definition) is 3. The lowest BCUT2D eigenvalue weighted by Crippen LogP contribution is -2.11. The van der Waals surface area contributed by atoms with Crippen molar-refractivity contribution in [1.29, 1.82) is 0 Å². The molecule has 128 valence electrons. The molecular formula is C20H15FN4O. The molecule has 1 N–H and O–H groups in total. The van der Waals surface area contributed by atoms with Crippen LogP contribution in [0.1, 0.15) is 10.4 Å². The molecule has 0 aliphatic carbocycles. The normalized spacial score (nSPS) is 10.8. The molecule has 0 aliphatic rings. The largest absolute Gasteiger partial charge is 0.327 e. The van der Waals surface area contributed by atoms with E-state index in [-0.39, 0.29) is 5.91 Å². The van der Waals surface area contributed by atoms with E-state index < -0.39 is 5.95 Å². The van der Waals surface area contributed by atoms with Gasteiger partial charge < -0.3 is 9.88 Å². The zero-order valence-corrected chi connectivity index (χ0v) is 14.0. The van der Waals surface area contributed by atoms with Gasteiger partial charge in [0, 0.05) is 24.5 Å². The Hall–Kier alpha value is -3.54. The average molecular weight is 346 g/mol. The number of pyridine rings is 1. The second-order valence-electron chi connectivity index (χ2n) is 5.86. The number of rotatable bonds is 3. The van der Waals surface area contributed by atoms with Crippen molar-refractivity contribution in [1.82, 2.24) is 14.5 Å². The molecule has 6 heteroatoms. The van der Waals surface area contributed by atoms with Crippen molar-refractivity contribution in [3.05, 3.63) is 78.4 Å². The van der Waals surface area contributed by atoms with Crippen LogP contribution in [0.3, 0.4) is 0 Å². The Morgan fingerprint density at radius 3 is 2.65 bits per heavy atom. The van der Waals surface area contributed by atoms with Crippen LogP contribution < -0.4 is 5.32 Å². The molecule has 0 fully saturated rings. The Morgan fingerprint density at radius 2 is 1.88 bits per heavy atom. The second kappa shape index (κ2) is 6.40. The molecule has 0 aliphatic heterocycles. The lowest BCUT2D eigenvalue weighted by molar-refractivity contribution is 0.102. The maximum atomic E-state index is 14.0. The van der Waals surface area contributed by atoms with Crippen LogP contribution in [0.4, 0.5) is 10.1 Å². The Bertz CT molecular complexity index is 1110. The Labute approximate surface area is 149 Å². The van der Waals surface area contributed by atoms with Gasteiger partial charge in [-0.25, -0.2) is 9.97 Å². The third-order valence-corrected chi connectivity index (χ3v) is 4.17. The molecule has 0 spiro atoms. The van der Waals surface area contributed by atoms with Crippen molar-refractivity contribution in [3.8, 4) is 11.4 Å². The van der Waals surface area contributed by atoms with Gasteiger partial charge in [0.15, 0.2) is 0 Å². The molecule has 4 rings (SSSR count). The highest BCUT2D eigenvalue weighted by molar-refractivity contribution is 6.05. The number of nitrogens with zero attached hydrogens (tertiary/aromatic N) is 3. The average Bonchev–Trinajstić information content (AvgIpc) is 2.99. The molecule has 0 unspecified atom stereocenters. The fraction of sp³-hybridized carbons (Fsp3) is 0.0500. The third-order valence-electron chi connectivity index (χ3n) is 4.17. The summed E-state index contributed by atoms with van der Waals surface area (Å²) in [5, 5.41) is 2.87. The molecule has 0 atom stereocenters. The number of hydrogen-bond donors (Lipinski definition) is 1. The highest BCUT2D eigenvalue weighted by atomic mass is 19.1. The minimum Gasteiger partial charge on any atom is -0.327 e. The first-order chi connectivity index (χ1) is 12.6. The molecule has 1 amide bonds. The molecule has 2 heterocycles. The minimum atomic E-state index is -0.566. The number of benzene rings is 2. The molecule has 2 aromatic heterocycles. The van der Waals surface area contributed by atoms with E-state index in [0.29, 0.717) is 28.2 Å². The molecule has 5 nitrogen and oxygen atoms in total. The van der Waals surface area contributed by atoms with E-state index in [4.69, 9.17) is 0 Å². The maximum absolute atomic E-state index is 14.0. The molecule has 2 aromatic carbocycles. The van der Waals surface area contributed by atoms with Gasteiger partial charge in [0.1, 0.15) is 5.82 Å². The van der Waals surface area contributed by atoms with Crippen molar-refractivity contribution in [2.45, 2.75) is 0 Å². The first kappa shape index (κ1) is 16.0. The van der Waals surface area contributed by atoms with Crippen LogP contribution >= 0.6 is 0 Å². The SMILES string of the molecule is Cn1c(-c2cccnc2F)nc2ccc(NC(=O)c3ccccc3)cc21. The van der Waals surface area contributed by atoms with E-state index in [1.165, 1.54) is 6.20 Å². The molecule has 0 bridgehead atoms. The number of nitrogens with one attached hydrogen (secondary N) is 1. The lowest BCUT2D eigenvalue weighted by atomic mass is 10.2. The van der Waals surface area contributed by atoms with Gasteiger partial charge in [-0.3, -0.25) is 4.79 Å². The topological polar surface area (TPSA) is 59.8 Å². The van der Waals surface area contributed by atoms with Crippen LogP contribution in [-0.2, 0) is 7.05 Å². The maximum Gasteiger partial charge on any atom is 0.255 e. The predicted octanol–water partition coefficient (Wildman–Crippen LogP) is 4.03. The number of carbonyl (C=O) groups excluding carboxylic acids is 1. The smallest absolute Gasteiger partial charge is 0.255 e. The Morgan fingerprint density at radius 1 is 1.08 bits per heavy atom. The summed E-state index contributed by atoms with van der Waals surface area (Å²) in [5.74, 6) is -0.272. The van der Waals surface area contributed by atoms with Crippen molar-refractivity contribution < 1.29 is 9.18 Å². The highest BCUT2D eigenvalue weighted by Gasteiger charge is 2.15.